The molecule has 15 heavy (non-hydrogen) atoms. The molecular formula is C13H26N2. The average Bonchev–Trinajstić information content (AvgIpc) is 2.80. The van der Waals surface area contributed by atoms with Crippen LogP contribution in [0.15, 0.2) is 0 Å². The molecule has 0 spiro atoms. The molecular weight excluding hydrogens is 184 g/mol. The Balaban J connectivity index is 1.79. The van der Waals surface area contributed by atoms with Gasteiger partial charge >= 0.3 is 0 Å². The molecule has 0 radical (unpaired) electrons. The summed E-state index contributed by atoms with van der Waals surface area (Å²) in [5.41, 5.74) is 0. The third-order valence-electron chi connectivity index (χ3n) is 4.20. The van der Waals surface area contributed by atoms with E-state index in [1.54, 1.807) is 0 Å². The third kappa shape index (κ3) is 3.18. The topological polar surface area (TPSA) is 15.3 Å². The summed E-state index contributed by atoms with van der Waals surface area (Å²) in [5, 5.41) is 3.46. The maximum atomic E-state index is 3.46. The number of hydrogen-bond donors (Lipinski definition) is 1. The van der Waals surface area contributed by atoms with Gasteiger partial charge in [0.15, 0.2) is 0 Å². The van der Waals surface area contributed by atoms with Gasteiger partial charge in [0.2, 0.25) is 0 Å². The van der Waals surface area contributed by atoms with Crippen LogP contribution in [0.2, 0.25) is 0 Å². The molecule has 0 bridgehead atoms. The molecule has 0 aromatic rings. The van der Waals surface area contributed by atoms with Crippen molar-refractivity contribution in [1.29, 1.82) is 0 Å². The second kappa shape index (κ2) is 5.86. The molecule has 2 heteroatoms. The summed E-state index contributed by atoms with van der Waals surface area (Å²) in [6, 6.07) is 0.872. The lowest BCUT2D eigenvalue weighted by Gasteiger charge is -2.35. The van der Waals surface area contributed by atoms with E-state index < -0.39 is 0 Å². The molecule has 1 heterocycles. The molecule has 2 fully saturated rings. The maximum absolute atomic E-state index is 3.46. The normalized spacial score (nSPS) is 25.2. The summed E-state index contributed by atoms with van der Waals surface area (Å²) < 4.78 is 0. The Labute approximate surface area is 94.4 Å². The smallest absolute Gasteiger partial charge is 0.0119 e. The largest absolute Gasteiger partial charge is 0.317 e. The zero-order valence-corrected chi connectivity index (χ0v) is 10.2. The van der Waals surface area contributed by atoms with Crippen molar-refractivity contribution in [3.8, 4) is 0 Å². The summed E-state index contributed by atoms with van der Waals surface area (Å²) in [6.07, 6.45) is 8.66. The first-order chi connectivity index (χ1) is 7.40. The molecule has 1 saturated carbocycles. The monoisotopic (exact) mass is 210 g/mol. The van der Waals surface area contributed by atoms with Gasteiger partial charge in [-0.3, -0.25) is 0 Å². The Hall–Kier alpha value is -0.0800. The highest BCUT2D eigenvalue weighted by Crippen LogP contribution is 2.26. The van der Waals surface area contributed by atoms with E-state index in [9.17, 15) is 0 Å². The minimum Gasteiger partial charge on any atom is -0.317 e. The van der Waals surface area contributed by atoms with Gasteiger partial charge in [-0.2, -0.15) is 0 Å². The zero-order chi connectivity index (χ0) is 10.5. The van der Waals surface area contributed by atoms with Crippen LogP contribution in [0, 0.1) is 5.92 Å². The molecule has 1 aliphatic carbocycles. The summed E-state index contributed by atoms with van der Waals surface area (Å²) in [7, 11) is 0. The molecule has 0 aromatic carbocycles. The van der Waals surface area contributed by atoms with Crippen molar-refractivity contribution in [3.63, 3.8) is 0 Å². The minimum atomic E-state index is 0.872. The van der Waals surface area contributed by atoms with Gasteiger partial charge in [0.05, 0.1) is 0 Å². The lowest BCUT2D eigenvalue weighted by Crippen LogP contribution is -2.44. The van der Waals surface area contributed by atoms with Crippen LogP contribution in [0.3, 0.4) is 0 Å². The Bertz CT molecular complexity index is 169. The van der Waals surface area contributed by atoms with Crippen LogP contribution >= 0.6 is 0 Å². The van der Waals surface area contributed by atoms with Crippen LogP contribution in [-0.4, -0.2) is 37.1 Å². The molecule has 88 valence electrons. The van der Waals surface area contributed by atoms with Crippen LogP contribution in [0.1, 0.15) is 45.4 Å². The van der Waals surface area contributed by atoms with Crippen molar-refractivity contribution in [2.75, 3.05) is 26.2 Å². The van der Waals surface area contributed by atoms with Gasteiger partial charge in [-0.25, -0.2) is 0 Å². The van der Waals surface area contributed by atoms with Crippen molar-refractivity contribution in [2.24, 2.45) is 5.92 Å². The molecule has 2 rings (SSSR count). The maximum Gasteiger partial charge on any atom is 0.0119 e. The van der Waals surface area contributed by atoms with E-state index in [-0.39, 0.29) is 0 Å². The number of hydrogen-bond acceptors (Lipinski definition) is 2. The molecule has 0 unspecified atom stereocenters. The SMILES string of the molecule is CCN(CC1CCCC1)C1CCNCC1. The Morgan fingerprint density at radius 2 is 1.73 bits per heavy atom. The van der Waals surface area contributed by atoms with Crippen LogP contribution in [0.4, 0.5) is 0 Å². The van der Waals surface area contributed by atoms with E-state index in [2.05, 4.69) is 17.1 Å². The predicted molar refractivity (Wildman–Crippen MR) is 65.1 cm³/mol. The highest BCUT2D eigenvalue weighted by atomic mass is 15.2. The van der Waals surface area contributed by atoms with Gasteiger partial charge in [0.1, 0.15) is 0 Å². The van der Waals surface area contributed by atoms with Crippen molar-refractivity contribution < 1.29 is 0 Å². The molecule has 2 nitrogen and oxygen atoms in total. The number of nitrogens with one attached hydrogen (secondary N) is 1. The number of nitrogens with zero attached hydrogens (tertiary/aromatic N) is 1. The van der Waals surface area contributed by atoms with Gasteiger partial charge in [0.25, 0.3) is 0 Å². The Kier molecular flexibility index (Phi) is 4.45. The Morgan fingerprint density at radius 3 is 2.33 bits per heavy atom. The van der Waals surface area contributed by atoms with E-state index in [1.807, 2.05) is 0 Å². The second-order valence-electron chi connectivity index (χ2n) is 5.22. The number of piperidine rings is 1. The lowest BCUT2D eigenvalue weighted by atomic mass is 10.0. The van der Waals surface area contributed by atoms with Crippen molar-refractivity contribution in [3.05, 3.63) is 0 Å². The summed E-state index contributed by atoms with van der Waals surface area (Å²) in [5.74, 6) is 1.01. The molecule has 0 aromatic heterocycles. The first kappa shape index (κ1) is 11.4. The number of rotatable bonds is 4. The molecule has 0 amide bonds. The van der Waals surface area contributed by atoms with E-state index in [0.29, 0.717) is 0 Å². The quantitative estimate of drug-likeness (QED) is 0.765. The van der Waals surface area contributed by atoms with Crippen molar-refractivity contribution in [1.82, 2.24) is 10.2 Å². The van der Waals surface area contributed by atoms with Crippen LogP contribution in [0.25, 0.3) is 0 Å². The first-order valence-corrected chi connectivity index (χ1v) is 6.85. The van der Waals surface area contributed by atoms with Gasteiger partial charge in [-0.15, -0.1) is 0 Å². The third-order valence-corrected chi connectivity index (χ3v) is 4.20. The zero-order valence-electron chi connectivity index (χ0n) is 10.2. The van der Waals surface area contributed by atoms with Gasteiger partial charge in [-0.1, -0.05) is 19.8 Å². The molecule has 1 saturated heterocycles. The summed E-state index contributed by atoms with van der Waals surface area (Å²) in [6.45, 7) is 7.41. The van der Waals surface area contributed by atoms with E-state index in [0.717, 1.165) is 12.0 Å². The average molecular weight is 210 g/mol. The molecule has 1 aliphatic heterocycles. The first-order valence-electron chi connectivity index (χ1n) is 6.85. The van der Waals surface area contributed by atoms with E-state index in [1.165, 1.54) is 64.7 Å². The van der Waals surface area contributed by atoms with Crippen LogP contribution in [-0.2, 0) is 0 Å². The lowest BCUT2D eigenvalue weighted by molar-refractivity contribution is 0.146. The van der Waals surface area contributed by atoms with Crippen molar-refractivity contribution >= 4 is 0 Å². The van der Waals surface area contributed by atoms with Gasteiger partial charge < -0.3 is 10.2 Å². The van der Waals surface area contributed by atoms with E-state index >= 15 is 0 Å². The predicted octanol–water partition coefficient (Wildman–Crippen LogP) is 2.25. The summed E-state index contributed by atoms with van der Waals surface area (Å²) >= 11 is 0. The van der Waals surface area contributed by atoms with Crippen LogP contribution in [0.5, 0.6) is 0 Å². The fourth-order valence-electron chi connectivity index (χ4n) is 3.23. The molecule has 1 N–H and O–H groups in total. The van der Waals surface area contributed by atoms with E-state index in [4.69, 9.17) is 0 Å². The van der Waals surface area contributed by atoms with Crippen LogP contribution < -0.4 is 5.32 Å². The highest BCUT2D eigenvalue weighted by Gasteiger charge is 2.23. The standard InChI is InChI=1S/C13H26N2/c1-2-15(11-12-5-3-4-6-12)13-7-9-14-10-8-13/h12-14H,2-11H2,1H3. The van der Waals surface area contributed by atoms with Gasteiger partial charge in [-0.05, 0) is 51.2 Å². The second-order valence-corrected chi connectivity index (χ2v) is 5.22. The van der Waals surface area contributed by atoms with Crippen molar-refractivity contribution in [2.45, 2.75) is 51.5 Å². The minimum absolute atomic E-state index is 0.872. The molecule has 0 atom stereocenters. The fraction of sp³-hybridized carbons (Fsp3) is 1.00. The Morgan fingerprint density at radius 1 is 1.07 bits per heavy atom. The molecule has 2 aliphatic rings. The van der Waals surface area contributed by atoms with Gasteiger partial charge in [0, 0.05) is 12.6 Å². The fourth-order valence-corrected chi connectivity index (χ4v) is 3.23. The highest BCUT2D eigenvalue weighted by molar-refractivity contribution is 4.80. The summed E-state index contributed by atoms with van der Waals surface area (Å²) in [4.78, 5) is 2.75.